The molecule has 158 valence electrons. The highest BCUT2D eigenvalue weighted by atomic mass is 16.5. The Bertz CT molecular complexity index is 1020. The van der Waals surface area contributed by atoms with Gasteiger partial charge in [0.15, 0.2) is 5.82 Å². The molecule has 4 rings (SSSR count). The number of aromatic hydroxyl groups is 2. The molecule has 1 fully saturated rings. The van der Waals surface area contributed by atoms with E-state index in [4.69, 9.17) is 10.5 Å². The van der Waals surface area contributed by atoms with Crippen LogP contribution < -0.4 is 5.73 Å². The van der Waals surface area contributed by atoms with Crippen molar-refractivity contribution in [1.82, 2.24) is 19.7 Å². The molecule has 1 aliphatic rings. The number of nitrogens with zero attached hydrogens (tertiary/aromatic N) is 4. The Morgan fingerprint density at radius 2 is 1.73 bits per heavy atom. The monoisotopic (exact) mass is 409 g/mol. The fourth-order valence-corrected chi connectivity index (χ4v) is 3.73. The lowest BCUT2D eigenvalue weighted by atomic mass is 9.98. The summed E-state index contributed by atoms with van der Waals surface area (Å²) in [6.07, 6.45) is 0. The second kappa shape index (κ2) is 8.33. The van der Waals surface area contributed by atoms with E-state index < -0.39 is 0 Å². The largest absolute Gasteiger partial charge is 0.508 e. The molecule has 2 aromatic carbocycles. The van der Waals surface area contributed by atoms with Crippen molar-refractivity contribution >= 4 is 5.95 Å². The number of nitrogens with two attached hydrogens (primary N) is 1. The Morgan fingerprint density at radius 3 is 2.40 bits per heavy atom. The highest BCUT2D eigenvalue weighted by Crippen LogP contribution is 2.38. The lowest BCUT2D eigenvalue weighted by Crippen LogP contribution is -2.35. The van der Waals surface area contributed by atoms with Gasteiger partial charge in [0.1, 0.15) is 11.5 Å². The van der Waals surface area contributed by atoms with E-state index in [0.717, 1.165) is 44.1 Å². The fraction of sp³-hybridized carbons (Fsp3) is 0.364. The van der Waals surface area contributed by atoms with Crippen molar-refractivity contribution in [3.05, 3.63) is 47.5 Å². The van der Waals surface area contributed by atoms with E-state index in [9.17, 15) is 10.2 Å². The van der Waals surface area contributed by atoms with Crippen LogP contribution in [0, 0.1) is 0 Å². The van der Waals surface area contributed by atoms with Gasteiger partial charge in [0.05, 0.1) is 24.5 Å². The number of nitrogen functional groups attached to an aromatic ring is 1. The lowest BCUT2D eigenvalue weighted by Gasteiger charge is -2.26. The summed E-state index contributed by atoms with van der Waals surface area (Å²) >= 11 is 0. The third kappa shape index (κ3) is 3.96. The Kier molecular flexibility index (Phi) is 5.61. The minimum Gasteiger partial charge on any atom is -0.508 e. The van der Waals surface area contributed by atoms with Crippen LogP contribution in [0.25, 0.3) is 17.1 Å². The first-order valence-corrected chi connectivity index (χ1v) is 10.1. The van der Waals surface area contributed by atoms with Crippen molar-refractivity contribution < 1.29 is 14.9 Å². The van der Waals surface area contributed by atoms with Gasteiger partial charge in [-0.25, -0.2) is 0 Å². The number of aromatic nitrogens is 3. The summed E-state index contributed by atoms with van der Waals surface area (Å²) in [5.41, 5.74) is 9.30. The van der Waals surface area contributed by atoms with Crippen LogP contribution in [0.4, 0.5) is 5.95 Å². The van der Waals surface area contributed by atoms with Crippen LogP contribution in [0.15, 0.2) is 36.4 Å². The predicted octanol–water partition coefficient (Wildman–Crippen LogP) is 2.88. The van der Waals surface area contributed by atoms with Crippen LogP contribution in [0.2, 0.25) is 0 Å². The van der Waals surface area contributed by atoms with Crippen molar-refractivity contribution in [2.24, 2.45) is 0 Å². The number of phenolic OH excluding ortho intramolecular Hbond substituents is 2. The molecule has 0 amide bonds. The van der Waals surface area contributed by atoms with E-state index in [1.165, 1.54) is 11.6 Å². The average Bonchev–Trinajstić information content (AvgIpc) is 3.10. The molecule has 2 heterocycles. The molecule has 30 heavy (non-hydrogen) atoms. The van der Waals surface area contributed by atoms with Crippen molar-refractivity contribution in [3.8, 4) is 28.6 Å². The van der Waals surface area contributed by atoms with Gasteiger partial charge in [-0.2, -0.15) is 0 Å². The number of phenols is 2. The molecule has 3 aromatic rings. The Labute approximate surface area is 175 Å². The first kappa shape index (κ1) is 20.2. The van der Waals surface area contributed by atoms with E-state index in [1.807, 2.05) is 26.0 Å². The third-order valence-electron chi connectivity index (χ3n) is 5.40. The zero-order valence-electron chi connectivity index (χ0n) is 17.2. The Morgan fingerprint density at radius 1 is 1.03 bits per heavy atom. The number of hydrogen-bond acceptors (Lipinski definition) is 7. The van der Waals surface area contributed by atoms with Crippen LogP contribution >= 0.6 is 0 Å². The number of anilines is 1. The van der Waals surface area contributed by atoms with Crippen LogP contribution in [-0.4, -0.2) is 56.2 Å². The van der Waals surface area contributed by atoms with Gasteiger partial charge in [0, 0.05) is 25.7 Å². The molecule has 1 aliphatic heterocycles. The highest BCUT2D eigenvalue weighted by Gasteiger charge is 2.20. The van der Waals surface area contributed by atoms with Crippen LogP contribution in [-0.2, 0) is 11.3 Å². The number of morpholine rings is 1. The van der Waals surface area contributed by atoms with Gasteiger partial charge in [0.2, 0.25) is 5.95 Å². The molecule has 0 saturated carbocycles. The van der Waals surface area contributed by atoms with Crippen molar-refractivity contribution in [2.75, 3.05) is 32.0 Å². The zero-order chi connectivity index (χ0) is 21.3. The molecule has 8 nitrogen and oxygen atoms in total. The minimum absolute atomic E-state index is 0.0535. The molecular weight excluding hydrogens is 382 g/mol. The summed E-state index contributed by atoms with van der Waals surface area (Å²) < 4.78 is 7.11. The van der Waals surface area contributed by atoms with E-state index >= 15 is 0 Å². The number of ether oxygens (including phenoxy) is 1. The van der Waals surface area contributed by atoms with Crippen LogP contribution in [0.5, 0.6) is 11.5 Å². The standard InChI is InChI=1S/C22H27N5O3/c1-14(2)17-11-18(20(29)12-19(17)28)21-24-25-22(23)27(21)16-5-3-15(4-6-16)13-26-7-9-30-10-8-26/h3-6,11-12,14,28-29H,7-10,13H2,1-2H3,(H2,23,25). The molecule has 0 radical (unpaired) electrons. The van der Waals surface area contributed by atoms with Gasteiger partial charge in [-0.1, -0.05) is 26.0 Å². The molecule has 0 spiro atoms. The van der Waals surface area contributed by atoms with E-state index in [-0.39, 0.29) is 23.4 Å². The van der Waals surface area contributed by atoms with Crippen molar-refractivity contribution in [3.63, 3.8) is 0 Å². The lowest BCUT2D eigenvalue weighted by molar-refractivity contribution is 0.0342. The van der Waals surface area contributed by atoms with Gasteiger partial charge in [-0.3, -0.25) is 9.47 Å². The van der Waals surface area contributed by atoms with Crippen LogP contribution in [0.1, 0.15) is 30.9 Å². The average molecular weight is 409 g/mol. The summed E-state index contributed by atoms with van der Waals surface area (Å²) in [4.78, 5) is 2.36. The van der Waals surface area contributed by atoms with Crippen molar-refractivity contribution in [1.29, 1.82) is 0 Å². The topological polar surface area (TPSA) is 110 Å². The van der Waals surface area contributed by atoms with Gasteiger partial charge in [-0.15, -0.1) is 10.2 Å². The maximum absolute atomic E-state index is 10.5. The first-order valence-electron chi connectivity index (χ1n) is 10.1. The Balaban J connectivity index is 1.67. The van der Waals surface area contributed by atoms with Crippen molar-refractivity contribution in [2.45, 2.75) is 26.3 Å². The molecule has 8 heteroatoms. The Hall–Kier alpha value is -3.10. The van der Waals surface area contributed by atoms with E-state index in [2.05, 4.69) is 27.2 Å². The second-order valence-electron chi connectivity index (χ2n) is 7.86. The quantitative estimate of drug-likeness (QED) is 0.594. The first-order chi connectivity index (χ1) is 14.4. The number of rotatable bonds is 5. The van der Waals surface area contributed by atoms with E-state index in [1.54, 1.807) is 10.6 Å². The van der Waals surface area contributed by atoms with Gasteiger partial charge in [0.25, 0.3) is 0 Å². The summed E-state index contributed by atoms with van der Waals surface area (Å²) in [6, 6.07) is 11.1. The summed E-state index contributed by atoms with van der Waals surface area (Å²) in [7, 11) is 0. The minimum atomic E-state index is -0.0745. The van der Waals surface area contributed by atoms with Gasteiger partial charge >= 0.3 is 0 Å². The molecule has 0 bridgehead atoms. The predicted molar refractivity (Wildman–Crippen MR) is 115 cm³/mol. The van der Waals surface area contributed by atoms with E-state index in [0.29, 0.717) is 11.4 Å². The summed E-state index contributed by atoms with van der Waals surface area (Å²) in [5, 5.41) is 28.8. The summed E-state index contributed by atoms with van der Waals surface area (Å²) in [6.45, 7) is 8.22. The molecule has 0 unspecified atom stereocenters. The smallest absolute Gasteiger partial charge is 0.226 e. The fourth-order valence-electron chi connectivity index (χ4n) is 3.73. The van der Waals surface area contributed by atoms with Gasteiger partial charge < -0.3 is 20.7 Å². The molecular formula is C22H27N5O3. The molecule has 0 aliphatic carbocycles. The summed E-state index contributed by atoms with van der Waals surface area (Å²) in [5.74, 6) is 0.710. The normalized spacial score (nSPS) is 15.0. The second-order valence-corrected chi connectivity index (χ2v) is 7.86. The SMILES string of the molecule is CC(C)c1cc(-c2nnc(N)n2-c2ccc(CN3CCOCC3)cc2)c(O)cc1O. The molecule has 1 aromatic heterocycles. The number of hydrogen-bond donors (Lipinski definition) is 3. The molecule has 1 saturated heterocycles. The number of benzene rings is 2. The van der Waals surface area contributed by atoms with Gasteiger partial charge in [-0.05, 0) is 35.2 Å². The zero-order valence-corrected chi connectivity index (χ0v) is 17.2. The highest BCUT2D eigenvalue weighted by molar-refractivity contribution is 5.70. The molecule has 4 N–H and O–H groups in total. The maximum Gasteiger partial charge on any atom is 0.226 e. The third-order valence-corrected chi connectivity index (χ3v) is 5.40. The van der Waals surface area contributed by atoms with Crippen LogP contribution in [0.3, 0.4) is 0 Å². The maximum atomic E-state index is 10.5. The molecule has 0 atom stereocenters.